The van der Waals surface area contributed by atoms with Gasteiger partial charge in [0, 0.05) is 7.05 Å². The van der Waals surface area contributed by atoms with Gasteiger partial charge in [0.25, 0.3) is 5.91 Å². The molecular weight excluding hydrogens is 282 g/mol. The summed E-state index contributed by atoms with van der Waals surface area (Å²) < 4.78 is 10.2. The molecule has 0 bridgehead atoms. The molecule has 2 aromatic rings. The minimum Gasteiger partial charge on any atom is -0.497 e. The van der Waals surface area contributed by atoms with Crippen LogP contribution in [0.2, 0.25) is 0 Å². The molecule has 0 aliphatic carbocycles. The third-order valence-electron chi connectivity index (χ3n) is 3.55. The number of fused-ring (bicyclic) bond motifs is 1. The first kappa shape index (κ1) is 15.8. The van der Waals surface area contributed by atoms with Crippen LogP contribution in [-0.4, -0.2) is 32.6 Å². The molecule has 1 N–H and O–H groups in total. The number of esters is 1. The highest BCUT2D eigenvalue weighted by atomic mass is 16.5. The van der Waals surface area contributed by atoms with Crippen molar-refractivity contribution in [2.45, 2.75) is 12.8 Å². The molecule has 22 heavy (non-hydrogen) atoms. The molecule has 1 atom stereocenters. The largest absolute Gasteiger partial charge is 0.497 e. The van der Waals surface area contributed by atoms with Gasteiger partial charge in [0.1, 0.15) is 5.75 Å². The van der Waals surface area contributed by atoms with Crippen molar-refractivity contribution in [3.8, 4) is 5.75 Å². The molecule has 0 fully saturated rings. The summed E-state index contributed by atoms with van der Waals surface area (Å²) in [5.41, 5.74) is 0.847. The molecule has 0 aliphatic rings. The SMILES string of the molecule is CNC(=O)COC(=O)[C@@H](C)c1ccc2cc(OC)ccc2c1. The van der Waals surface area contributed by atoms with Crippen LogP contribution in [0.15, 0.2) is 36.4 Å². The van der Waals surface area contributed by atoms with E-state index >= 15 is 0 Å². The van der Waals surface area contributed by atoms with E-state index in [9.17, 15) is 9.59 Å². The quantitative estimate of drug-likeness (QED) is 0.860. The van der Waals surface area contributed by atoms with Crippen LogP contribution < -0.4 is 10.1 Å². The molecule has 2 rings (SSSR count). The highest BCUT2D eigenvalue weighted by Gasteiger charge is 2.18. The van der Waals surface area contributed by atoms with Gasteiger partial charge in [-0.25, -0.2) is 0 Å². The van der Waals surface area contributed by atoms with Gasteiger partial charge in [-0.2, -0.15) is 0 Å². The van der Waals surface area contributed by atoms with Crippen LogP contribution in [0.1, 0.15) is 18.4 Å². The van der Waals surface area contributed by atoms with E-state index in [4.69, 9.17) is 9.47 Å². The van der Waals surface area contributed by atoms with Gasteiger partial charge in [0.2, 0.25) is 0 Å². The number of hydrogen-bond donors (Lipinski definition) is 1. The van der Waals surface area contributed by atoms with Crippen molar-refractivity contribution in [3.05, 3.63) is 42.0 Å². The first-order valence-electron chi connectivity index (χ1n) is 7.00. The number of amides is 1. The van der Waals surface area contributed by atoms with Crippen molar-refractivity contribution < 1.29 is 19.1 Å². The summed E-state index contributed by atoms with van der Waals surface area (Å²) in [5, 5.41) is 4.46. The Morgan fingerprint density at radius 3 is 2.50 bits per heavy atom. The Hall–Kier alpha value is -2.56. The first-order chi connectivity index (χ1) is 10.5. The zero-order chi connectivity index (χ0) is 16.1. The minimum absolute atomic E-state index is 0.259. The number of ether oxygens (including phenoxy) is 2. The van der Waals surface area contributed by atoms with Crippen molar-refractivity contribution in [3.63, 3.8) is 0 Å². The number of carbonyl (C=O) groups is 2. The Morgan fingerprint density at radius 1 is 1.14 bits per heavy atom. The molecule has 0 aliphatic heterocycles. The van der Waals surface area contributed by atoms with Crippen LogP contribution in [0.5, 0.6) is 5.75 Å². The number of carbonyl (C=O) groups excluding carboxylic acids is 2. The van der Waals surface area contributed by atoms with E-state index in [1.165, 1.54) is 7.05 Å². The predicted octanol–water partition coefficient (Wildman–Crippen LogP) is 2.24. The van der Waals surface area contributed by atoms with E-state index in [1.54, 1.807) is 14.0 Å². The zero-order valence-corrected chi connectivity index (χ0v) is 12.9. The van der Waals surface area contributed by atoms with E-state index in [1.807, 2.05) is 36.4 Å². The minimum atomic E-state index is -0.434. The van der Waals surface area contributed by atoms with Crippen molar-refractivity contribution >= 4 is 22.6 Å². The summed E-state index contributed by atoms with van der Waals surface area (Å²) in [6.45, 7) is 1.50. The van der Waals surface area contributed by atoms with Gasteiger partial charge < -0.3 is 14.8 Å². The van der Waals surface area contributed by atoms with Crippen LogP contribution in [0.3, 0.4) is 0 Å². The summed E-state index contributed by atoms with van der Waals surface area (Å²) in [4.78, 5) is 23.1. The number of methoxy groups -OCH3 is 1. The highest BCUT2D eigenvalue weighted by Crippen LogP contribution is 2.25. The highest BCUT2D eigenvalue weighted by molar-refractivity contribution is 5.87. The van der Waals surface area contributed by atoms with E-state index in [2.05, 4.69) is 5.32 Å². The molecule has 1 amide bonds. The monoisotopic (exact) mass is 301 g/mol. The van der Waals surface area contributed by atoms with Crippen molar-refractivity contribution in [2.24, 2.45) is 0 Å². The summed E-state index contributed by atoms with van der Waals surface area (Å²) >= 11 is 0. The van der Waals surface area contributed by atoms with Crippen LogP contribution in [-0.2, 0) is 14.3 Å². The Kier molecular flexibility index (Phi) is 4.99. The maximum Gasteiger partial charge on any atom is 0.313 e. The molecule has 5 heteroatoms. The van der Waals surface area contributed by atoms with Gasteiger partial charge in [-0.3, -0.25) is 9.59 Å². The van der Waals surface area contributed by atoms with E-state index in [0.717, 1.165) is 22.1 Å². The third-order valence-corrected chi connectivity index (χ3v) is 3.55. The lowest BCUT2D eigenvalue weighted by Crippen LogP contribution is -2.26. The van der Waals surface area contributed by atoms with Gasteiger partial charge in [0.05, 0.1) is 13.0 Å². The van der Waals surface area contributed by atoms with Gasteiger partial charge in [-0.05, 0) is 35.4 Å². The second-order valence-corrected chi connectivity index (χ2v) is 4.98. The Balaban J connectivity index is 2.15. The van der Waals surface area contributed by atoms with Gasteiger partial charge in [-0.15, -0.1) is 0 Å². The second kappa shape index (κ2) is 6.93. The molecule has 0 aromatic heterocycles. The van der Waals surface area contributed by atoms with Gasteiger partial charge in [-0.1, -0.05) is 24.3 Å². The molecule has 0 radical (unpaired) electrons. The fourth-order valence-corrected chi connectivity index (χ4v) is 2.11. The number of hydrogen-bond acceptors (Lipinski definition) is 4. The summed E-state index contributed by atoms with van der Waals surface area (Å²) in [6, 6.07) is 11.5. The third kappa shape index (κ3) is 3.55. The fourth-order valence-electron chi connectivity index (χ4n) is 2.11. The normalized spacial score (nSPS) is 11.8. The fraction of sp³-hybridized carbons (Fsp3) is 0.294. The van der Waals surface area contributed by atoms with Crippen LogP contribution >= 0.6 is 0 Å². The molecular formula is C17H19NO4. The molecule has 0 unspecified atom stereocenters. The van der Waals surface area contributed by atoms with Crippen LogP contribution in [0.4, 0.5) is 0 Å². The average Bonchev–Trinajstić information content (AvgIpc) is 2.57. The molecule has 0 heterocycles. The maximum atomic E-state index is 12.0. The van der Waals surface area contributed by atoms with E-state index < -0.39 is 11.9 Å². The molecule has 5 nitrogen and oxygen atoms in total. The lowest BCUT2D eigenvalue weighted by molar-refractivity contribution is -0.149. The number of rotatable bonds is 5. The second-order valence-electron chi connectivity index (χ2n) is 4.98. The molecule has 0 saturated heterocycles. The lowest BCUT2D eigenvalue weighted by atomic mass is 9.98. The zero-order valence-electron chi connectivity index (χ0n) is 12.9. The summed E-state index contributed by atoms with van der Waals surface area (Å²) in [5.74, 6) is -0.392. The standard InChI is InChI=1S/C17H19NO4/c1-11(17(20)22-10-16(19)18-2)12-4-5-14-9-15(21-3)7-6-13(14)8-12/h4-9,11H,10H2,1-3H3,(H,18,19)/t11-/m0/s1. The Labute approximate surface area is 129 Å². The molecule has 0 saturated carbocycles. The van der Waals surface area contributed by atoms with Crippen molar-refractivity contribution in [1.29, 1.82) is 0 Å². The predicted molar refractivity (Wildman–Crippen MR) is 83.9 cm³/mol. The van der Waals surface area contributed by atoms with Gasteiger partial charge in [0.15, 0.2) is 6.61 Å². The molecule has 0 spiro atoms. The Bertz CT molecular complexity index is 696. The van der Waals surface area contributed by atoms with E-state index in [-0.39, 0.29) is 12.5 Å². The van der Waals surface area contributed by atoms with Crippen molar-refractivity contribution in [1.82, 2.24) is 5.32 Å². The summed E-state index contributed by atoms with van der Waals surface area (Å²) in [7, 11) is 3.12. The average molecular weight is 301 g/mol. The number of nitrogens with one attached hydrogen (secondary N) is 1. The first-order valence-corrected chi connectivity index (χ1v) is 7.00. The Morgan fingerprint density at radius 2 is 1.82 bits per heavy atom. The molecule has 116 valence electrons. The number of likely N-dealkylation sites (N-methyl/N-ethyl adjacent to an activating group) is 1. The van der Waals surface area contributed by atoms with Crippen molar-refractivity contribution in [2.75, 3.05) is 20.8 Å². The smallest absolute Gasteiger partial charge is 0.313 e. The topological polar surface area (TPSA) is 64.6 Å². The summed E-state index contributed by atoms with van der Waals surface area (Å²) in [6.07, 6.45) is 0. The van der Waals surface area contributed by atoms with Gasteiger partial charge >= 0.3 is 5.97 Å². The van der Waals surface area contributed by atoms with Crippen LogP contribution in [0, 0.1) is 0 Å². The molecule has 2 aromatic carbocycles. The lowest BCUT2D eigenvalue weighted by Gasteiger charge is -2.12. The van der Waals surface area contributed by atoms with E-state index in [0.29, 0.717) is 0 Å². The number of benzene rings is 2. The van der Waals surface area contributed by atoms with Crippen LogP contribution in [0.25, 0.3) is 10.8 Å². The maximum absolute atomic E-state index is 12.0.